The molecular weight excluding hydrogens is 264 g/mol. The van der Waals surface area contributed by atoms with E-state index >= 15 is 0 Å². The number of furan rings is 1. The second-order valence-electron chi connectivity index (χ2n) is 6.27. The first-order valence-corrected chi connectivity index (χ1v) is 8.47. The summed E-state index contributed by atoms with van der Waals surface area (Å²) >= 11 is 0. The van der Waals surface area contributed by atoms with Crippen molar-refractivity contribution in [3.8, 4) is 0 Å². The molecule has 0 aromatic carbocycles. The Morgan fingerprint density at radius 2 is 1.76 bits per heavy atom. The molecule has 0 amide bonds. The molecule has 2 fully saturated rings. The fraction of sp³-hybridized carbons (Fsp3) is 0.765. The predicted molar refractivity (Wildman–Crippen MR) is 83.4 cm³/mol. The second kappa shape index (κ2) is 7.43. The largest absolute Gasteiger partial charge is 0.465 e. The zero-order chi connectivity index (χ0) is 14.5. The highest BCUT2D eigenvalue weighted by atomic mass is 16.5. The van der Waals surface area contributed by atoms with Gasteiger partial charge in [0.2, 0.25) is 0 Å². The average Bonchev–Trinajstić information content (AvgIpc) is 2.97. The highest BCUT2D eigenvalue weighted by Crippen LogP contribution is 2.18. The Kier molecular flexibility index (Phi) is 5.33. The van der Waals surface area contributed by atoms with Crippen LogP contribution < -0.4 is 0 Å². The van der Waals surface area contributed by atoms with Crippen LogP contribution in [0.25, 0.3) is 0 Å². The summed E-state index contributed by atoms with van der Waals surface area (Å²) in [6.45, 7) is 9.72. The molecule has 4 nitrogen and oxygen atoms in total. The standard InChI is InChI=1S/C17H28N2O2/c1-2-3-16-4-5-17(21-16)14-18-8-10-19(11-9-18)15-6-12-20-13-7-15/h4-5,15H,2-3,6-14H2,1H3. The van der Waals surface area contributed by atoms with Gasteiger partial charge in [-0.1, -0.05) is 6.92 Å². The van der Waals surface area contributed by atoms with Gasteiger partial charge in [0.1, 0.15) is 11.5 Å². The lowest BCUT2D eigenvalue weighted by Gasteiger charge is -2.40. The number of aryl methyl sites for hydroxylation is 1. The Morgan fingerprint density at radius 3 is 2.48 bits per heavy atom. The first-order valence-electron chi connectivity index (χ1n) is 8.47. The van der Waals surface area contributed by atoms with Gasteiger partial charge in [0.15, 0.2) is 0 Å². The maximum Gasteiger partial charge on any atom is 0.118 e. The molecule has 0 atom stereocenters. The molecule has 1 aromatic rings. The van der Waals surface area contributed by atoms with Crippen LogP contribution in [0, 0.1) is 0 Å². The Morgan fingerprint density at radius 1 is 1.05 bits per heavy atom. The number of hydrogen-bond acceptors (Lipinski definition) is 4. The maximum atomic E-state index is 5.90. The lowest BCUT2D eigenvalue weighted by molar-refractivity contribution is 0.0117. The van der Waals surface area contributed by atoms with Crippen LogP contribution in [0.2, 0.25) is 0 Å². The highest BCUT2D eigenvalue weighted by Gasteiger charge is 2.25. The van der Waals surface area contributed by atoms with Crippen molar-refractivity contribution >= 4 is 0 Å². The van der Waals surface area contributed by atoms with Crippen molar-refractivity contribution < 1.29 is 9.15 Å². The summed E-state index contributed by atoms with van der Waals surface area (Å²) in [4.78, 5) is 5.17. The van der Waals surface area contributed by atoms with Gasteiger partial charge < -0.3 is 9.15 Å². The molecule has 118 valence electrons. The third-order valence-electron chi connectivity index (χ3n) is 4.71. The molecule has 0 aliphatic carbocycles. The minimum absolute atomic E-state index is 0.751. The first-order chi connectivity index (χ1) is 10.3. The molecule has 0 N–H and O–H groups in total. The monoisotopic (exact) mass is 292 g/mol. The molecule has 1 aromatic heterocycles. The molecule has 0 unspecified atom stereocenters. The SMILES string of the molecule is CCCc1ccc(CN2CCN(C3CCOCC3)CC2)o1. The van der Waals surface area contributed by atoms with Gasteiger partial charge in [-0.15, -0.1) is 0 Å². The maximum absolute atomic E-state index is 5.90. The van der Waals surface area contributed by atoms with E-state index in [1.54, 1.807) is 0 Å². The summed E-state index contributed by atoms with van der Waals surface area (Å²) in [6.07, 6.45) is 4.62. The fourth-order valence-electron chi connectivity index (χ4n) is 3.45. The van der Waals surface area contributed by atoms with Crippen LogP contribution in [0.3, 0.4) is 0 Å². The first kappa shape index (κ1) is 15.1. The van der Waals surface area contributed by atoms with Gasteiger partial charge in [-0.25, -0.2) is 0 Å². The minimum atomic E-state index is 0.751. The van der Waals surface area contributed by atoms with Crippen LogP contribution in [0.1, 0.15) is 37.7 Å². The summed E-state index contributed by atoms with van der Waals surface area (Å²) in [7, 11) is 0. The van der Waals surface area contributed by atoms with Crippen LogP contribution in [0.15, 0.2) is 16.5 Å². The molecule has 21 heavy (non-hydrogen) atoms. The summed E-state index contributed by atoms with van der Waals surface area (Å²) in [5.74, 6) is 2.26. The van der Waals surface area contributed by atoms with Gasteiger partial charge in [-0.05, 0) is 31.4 Å². The lowest BCUT2D eigenvalue weighted by Crippen LogP contribution is -2.51. The van der Waals surface area contributed by atoms with Crippen molar-refractivity contribution in [2.24, 2.45) is 0 Å². The Hall–Kier alpha value is -0.840. The average molecular weight is 292 g/mol. The van der Waals surface area contributed by atoms with Crippen LogP contribution in [0.4, 0.5) is 0 Å². The van der Waals surface area contributed by atoms with Gasteiger partial charge >= 0.3 is 0 Å². The second-order valence-corrected chi connectivity index (χ2v) is 6.27. The zero-order valence-corrected chi connectivity index (χ0v) is 13.2. The van der Waals surface area contributed by atoms with E-state index in [1.807, 2.05) is 0 Å². The van der Waals surface area contributed by atoms with Gasteiger partial charge in [0.05, 0.1) is 6.54 Å². The number of ether oxygens (including phenoxy) is 1. The van der Waals surface area contributed by atoms with Crippen molar-refractivity contribution in [3.63, 3.8) is 0 Å². The smallest absolute Gasteiger partial charge is 0.118 e. The van der Waals surface area contributed by atoms with Crippen LogP contribution >= 0.6 is 0 Å². The van der Waals surface area contributed by atoms with E-state index in [1.165, 1.54) is 25.9 Å². The molecule has 0 bridgehead atoms. The third kappa shape index (κ3) is 4.09. The van der Waals surface area contributed by atoms with Gasteiger partial charge in [0.25, 0.3) is 0 Å². The quantitative estimate of drug-likeness (QED) is 0.834. The van der Waals surface area contributed by atoms with Gasteiger partial charge in [-0.3, -0.25) is 9.80 Å². The van der Waals surface area contributed by atoms with Crippen molar-refractivity contribution in [1.29, 1.82) is 0 Å². The summed E-state index contributed by atoms with van der Waals surface area (Å²) in [6, 6.07) is 5.04. The van der Waals surface area contributed by atoms with Crippen molar-refractivity contribution in [2.75, 3.05) is 39.4 Å². The Bertz CT molecular complexity index is 418. The summed E-state index contributed by atoms with van der Waals surface area (Å²) in [5.41, 5.74) is 0. The Labute approximate surface area is 128 Å². The third-order valence-corrected chi connectivity index (χ3v) is 4.71. The molecule has 2 aliphatic rings. The van der Waals surface area contributed by atoms with E-state index in [0.29, 0.717) is 0 Å². The van der Waals surface area contributed by atoms with Gasteiger partial charge in [-0.2, -0.15) is 0 Å². The summed E-state index contributed by atoms with van der Waals surface area (Å²) < 4.78 is 11.4. The predicted octanol–water partition coefficient (Wildman–Crippen LogP) is 2.53. The van der Waals surface area contributed by atoms with E-state index in [2.05, 4.69) is 28.9 Å². The molecule has 3 heterocycles. The molecule has 4 heteroatoms. The number of rotatable bonds is 5. The molecule has 2 aliphatic heterocycles. The summed E-state index contributed by atoms with van der Waals surface area (Å²) in [5, 5.41) is 0. The molecule has 0 radical (unpaired) electrons. The minimum Gasteiger partial charge on any atom is -0.465 e. The van der Waals surface area contributed by atoms with Crippen LogP contribution in [-0.2, 0) is 17.7 Å². The van der Waals surface area contributed by atoms with E-state index in [9.17, 15) is 0 Å². The topological polar surface area (TPSA) is 28.9 Å². The molecule has 0 spiro atoms. The molecule has 2 saturated heterocycles. The zero-order valence-electron chi connectivity index (χ0n) is 13.2. The highest BCUT2D eigenvalue weighted by molar-refractivity contribution is 5.07. The lowest BCUT2D eigenvalue weighted by atomic mass is 10.1. The molecule has 3 rings (SSSR count). The van der Waals surface area contributed by atoms with E-state index in [4.69, 9.17) is 9.15 Å². The van der Waals surface area contributed by atoms with Crippen molar-refractivity contribution in [1.82, 2.24) is 9.80 Å². The Balaban J connectivity index is 1.44. The molecule has 0 saturated carbocycles. The van der Waals surface area contributed by atoms with Crippen LogP contribution in [0.5, 0.6) is 0 Å². The number of nitrogens with zero attached hydrogens (tertiary/aromatic N) is 2. The van der Waals surface area contributed by atoms with Crippen molar-refractivity contribution in [2.45, 2.75) is 45.2 Å². The van der Waals surface area contributed by atoms with Crippen molar-refractivity contribution in [3.05, 3.63) is 23.7 Å². The van der Waals surface area contributed by atoms with E-state index < -0.39 is 0 Å². The normalized spacial score (nSPS) is 22.7. The fourth-order valence-corrected chi connectivity index (χ4v) is 3.45. The van der Waals surface area contributed by atoms with Gasteiger partial charge in [0, 0.05) is 51.9 Å². The molecular formula is C17H28N2O2. The van der Waals surface area contributed by atoms with Crippen LogP contribution in [-0.4, -0.2) is 55.2 Å². The number of piperazine rings is 1. The van der Waals surface area contributed by atoms with E-state index in [-0.39, 0.29) is 0 Å². The number of hydrogen-bond donors (Lipinski definition) is 0. The van der Waals surface area contributed by atoms with E-state index in [0.717, 1.165) is 63.3 Å².